The Hall–Kier alpha value is -0.430. The summed E-state index contributed by atoms with van der Waals surface area (Å²) < 4.78 is 26.3. The van der Waals surface area contributed by atoms with Gasteiger partial charge in [0.1, 0.15) is 4.21 Å². The quantitative estimate of drug-likeness (QED) is 0.821. The lowest BCUT2D eigenvalue weighted by Crippen LogP contribution is -2.36. The van der Waals surface area contributed by atoms with Crippen LogP contribution in [0, 0.1) is 6.92 Å². The zero-order chi connectivity index (χ0) is 11.5. The van der Waals surface area contributed by atoms with Crippen molar-refractivity contribution < 1.29 is 13.5 Å². The molecule has 0 saturated carbocycles. The molecule has 1 aromatic heterocycles. The molecule has 1 rings (SSSR count). The minimum absolute atomic E-state index is 0.180. The molecule has 0 radical (unpaired) electrons. The monoisotopic (exact) mass is 249 g/mol. The van der Waals surface area contributed by atoms with Gasteiger partial charge in [0.15, 0.2) is 0 Å². The van der Waals surface area contributed by atoms with E-state index in [2.05, 4.69) is 4.72 Å². The highest BCUT2D eigenvalue weighted by atomic mass is 32.2. The SMILES string of the molecule is CCC(CO)NS(=O)(=O)c1ccc(C)s1. The first-order chi connectivity index (χ1) is 6.99. The molecule has 6 heteroatoms. The van der Waals surface area contributed by atoms with Crippen LogP contribution in [0.15, 0.2) is 16.3 Å². The first-order valence-corrected chi connectivity index (χ1v) is 6.99. The highest BCUT2D eigenvalue weighted by Gasteiger charge is 2.19. The largest absolute Gasteiger partial charge is 0.395 e. The Balaban J connectivity index is 2.84. The molecular weight excluding hydrogens is 234 g/mol. The third-order valence-corrected chi connectivity index (χ3v) is 5.03. The summed E-state index contributed by atoms with van der Waals surface area (Å²) in [4.78, 5) is 0.951. The molecule has 0 aromatic carbocycles. The van der Waals surface area contributed by atoms with Gasteiger partial charge in [0.2, 0.25) is 10.0 Å². The van der Waals surface area contributed by atoms with Crippen LogP contribution in [0.5, 0.6) is 0 Å². The van der Waals surface area contributed by atoms with Crippen molar-refractivity contribution in [2.45, 2.75) is 30.5 Å². The maximum atomic E-state index is 11.8. The van der Waals surface area contributed by atoms with Crippen molar-refractivity contribution in [1.82, 2.24) is 4.72 Å². The Kier molecular flexibility index (Phi) is 4.27. The fourth-order valence-electron chi connectivity index (χ4n) is 1.08. The van der Waals surface area contributed by atoms with Gasteiger partial charge in [-0.3, -0.25) is 0 Å². The van der Waals surface area contributed by atoms with Crippen molar-refractivity contribution in [2.24, 2.45) is 0 Å². The van der Waals surface area contributed by atoms with Crippen LogP contribution in [0.25, 0.3) is 0 Å². The number of hydrogen-bond acceptors (Lipinski definition) is 4. The van der Waals surface area contributed by atoms with E-state index in [1.165, 1.54) is 11.3 Å². The predicted molar refractivity (Wildman–Crippen MR) is 60.5 cm³/mol. The number of rotatable bonds is 5. The Morgan fingerprint density at radius 1 is 1.53 bits per heavy atom. The topological polar surface area (TPSA) is 66.4 Å². The number of sulfonamides is 1. The highest BCUT2D eigenvalue weighted by Crippen LogP contribution is 2.20. The second-order valence-corrected chi connectivity index (χ2v) is 6.50. The standard InChI is InChI=1S/C9H15NO3S2/c1-3-8(6-11)10-15(12,13)9-5-4-7(2)14-9/h4-5,8,10-11H,3,6H2,1-2H3. The van der Waals surface area contributed by atoms with E-state index in [1.54, 1.807) is 12.1 Å². The Morgan fingerprint density at radius 3 is 2.60 bits per heavy atom. The zero-order valence-electron chi connectivity index (χ0n) is 8.73. The maximum absolute atomic E-state index is 11.8. The van der Waals surface area contributed by atoms with Gasteiger partial charge < -0.3 is 5.11 Å². The summed E-state index contributed by atoms with van der Waals surface area (Å²) in [5.74, 6) is 0. The van der Waals surface area contributed by atoms with Crippen LogP contribution in [-0.4, -0.2) is 26.2 Å². The van der Waals surface area contributed by atoms with Gasteiger partial charge in [-0.05, 0) is 25.5 Å². The molecule has 1 unspecified atom stereocenters. The summed E-state index contributed by atoms with van der Waals surface area (Å²) in [6.45, 7) is 3.50. The lowest BCUT2D eigenvalue weighted by molar-refractivity contribution is 0.254. The van der Waals surface area contributed by atoms with Crippen molar-refractivity contribution in [2.75, 3.05) is 6.61 Å². The second kappa shape index (κ2) is 5.07. The van der Waals surface area contributed by atoms with Crippen LogP contribution < -0.4 is 4.72 Å². The van der Waals surface area contributed by atoms with Crippen LogP contribution in [0.3, 0.4) is 0 Å². The van der Waals surface area contributed by atoms with Crippen LogP contribution in [-0.2, 0) is 10.0 Å². The zero-order valence-corrected chi connectivity index (χ0v) is 10.4. The molecule has 86 valence electrons. The molecule has 0 aliphatic carbocycles. The molecule has 1 aromatic rings. The van der Waals surface area contributed by atoms with Gasteiger partial charge in [-0.2, -0.15) is 0 Å². The van der Waals surface area contributed by atoms with E-state index in [4.69, 9.17) is 5.11 Å². The van der Waals surface area contributed by atoms with E-state index in [9.17, 15) is 8.42 Å². The summed E-state index contributed by atoms with van der Waals surface area (Å²) in [7, 11) is -3.45. The smallest absolute Gasteiger partial charge is 0.250 e. The molecule has 0 saturated heterocycles. The number of aliphatic hydroxyl groups is 1. The molecule has 0 bridgehead atoms. The first-order valence-electron chi connectivity index (χ1n) is 4.69. The lowest BCUT2D eigenvalue weighted by atomic mass is 10.3. The summed E-state index contributed by atoms with van der Waals surface area (Å²) in [5, 5.41) is 8.92. The molecule has 1 heterocycles. The van der Waals surface area contributed by atoms with Crippen LogP contribution >= 0.6 is 11.3 Å². The van der Waals surface area contributed by atoms with Gasteiger partial charge in [0.05, 0.1) is 6.61 Å². The van der Waals surface area contributed by atoms with E-state index >= 15 is 0 Å². The van der Waals surface area contributed by atoms with Gasteiger partial charge >= 0.3 is 0 Å². The number of aliphatic hydroxyl groups excluding tert-OH is 1. The Labute approximate surface area is 94.0 Å². The van der Waals surface area contributed by atoms with Crippen molar-refractivity contribution in [1.29, 1.82) is 0 Å². The molecule has 15 heavy (non-hydrogen) atoms. The van der Waals surface area contributed by atoms with Gasteiger partial charge in [0.25, 0.3) is 0 Å². The van der Waals surface area contributed by atoms with Crippen molar-refractivity contribution in [3.05, 3.63) is 17.0 Å². The summed E-state index contributed by atoms with van der Waals surface area (Å²) in [6, 6.07) is 2.93. The van der Waals surface area contributed by atoms with Crippen LogP contribution in [0.4, 0.5) is 0 Å². The molecule has 0 spiro atoms. The minimum atomic E-state index is -3.45. The van der Waals surface area contributed by atoms with Gasteiger partial charge in [-0.1, -0.05) is 6.92 Å². The molecule has 0 amide bonds. The Bertz CT molecular complexity index is 407. The molecule has 2 N–H and O–H groups in total. The van der Waals surface area contributed by atoms with Crippen LogP contribution in [0.2, 0.25) is 0 Å². The predicted octanol–water partition coefficient (Wildman–Crippen LogP) is 1.11. The summed E-state index contributed by atoms with van der Waals surface area (Å²) in [5.41, 5.74) is 0. The average Bonchev–Trinajstić information content (AvgIpc) is 2.62. The summed E-state index contributed by atoms with van der Waals surface area (Å²) in [6.07, 6.45) is 0.570. The number of nitrogens with one attached hydrogen (secondary N) is 1. The molecule has 0 fully saturated rings. The van der Waals surface area contributed by atoms with E-state index < -0.39 is 16.1 Å². The van der Waals surface area contributed by atoms with Gasteiger partial charge in [-0.15, -0.1) is 11.3 Å². The molecule has 4 nitrogen and oxygen atoms in total. The highest BCUT2D eigenvalue weighted by molar-refractivity contribution is 7.91. The number of aryl methyl sites for hydroxylation is 1. The third kappa shape index (κ3) is 3.27. The Morgan fingerprint density at radius 2 is 2.20 bits per heavy atom. The van der Waals surface area contributed by atoms with Crippen molar-refractivity contribution >= 4 is 21.4 Å². The molecule has 1 atom stereocenters. The van der Waals surface area contributed by atoms with Crippen LogP contribution in [0.1, 0.15) is 18.2 Å². The second-order valence-electron chi connectivity index (χ2n) is 3.27. The lowest BCUT2D eigenvalue weighted by Gasteiger charge is -2.12. The molecule has 0 aliphatic heterocycles. The average molecular weight is 249 g/mol. The van der Waals surface area contributed by atoms with E-state index in [0.717, 1.165) is 4.88 Å². The van der Waals surface area contributed by atoms with E-state index in [1.807, 2.05) is 13.8 Å². The number of hydrogen-bond donors (Lipinski definition) is 2. The van der Waals surface area contributed by atoms with E-state index in [-0.39, 0.29) is 6.61 Å². The van der Waals surface area contributed by atoms with Gasteiger partial charge in [0, 0.05) is 10.9 Å². The van der Waals surface area contributed by atoms with E-state index in [0.29, 0.717) is 10.6 Å². The number of thiophene rings is 1. The van der Waals surface area contributed by atoms with Crippen molar-refractivity contribution in [3.63, 3.8) is 0 Å². The minimum Gasteiger partial charge on any atom is -0.395 e. The molecule has 0 aliphatic rings. The first kappa shape index (κ1) is 12.6. The fraction of sp³-hybridized carbons (Fsp3) is 0.556. The fourth-order valence-corrected chi connectivity index (χ4v) is 3.69. The van der Waals surface area contributed by atoms with Gasteiger partial charge in [-0.25, -0.2) is 13.1 Å². The third-order valence-electron chi connectivity index (χ3n) is 2.02. The van der Waals surface area contributed by atoms with Crippen molar-refractivity contribution in [3.8, 4) is 0 Å². The normalized spacial score (nSPS) is 14.1. The summed E-state index contributed by atoms with van der Waals surface area (Å²) >= 11 is 1.23. The maximum Gasteiger partial charge on any atom is 0.250 e. The molecular formula is C9H15NO3S2.